The molecule has 2 heteroatoms. The summed E-state index contributed by atoms with van der Waals surface area (Å²) in [6, 6.07) is 0. The summed E-state index contributed by atoms with van der Waals surface area (Å²) in [4.78, 5) is 2.54. The fourth-order valence-corrected chi connectivity index (χ4v) is 1.57. The maximum atomic E-state index is 3.02. The maximum Gasteiger partial charge on any atom is -0.00183 e. The predicted molar refractivity (Wildman–Crippen MR) is 60.2 cm³/mol. The maximum absolute atomic E-state index is 3.02. The van der Waals surface area contributed by atoms with Gasteiger partial charge in [-0.15, -0.1) is 0 Å². The van der Waals surface area contributed by atoms with Crippen LogP contribution in [0.25, 0.3) is 0 Å². The van der Waals surface area contributed by atoms with Crippen molar-refractivity contribution in [3.63, 3.8) is 0 Å². The Balaban J connectivity index is 0.000000252. The lowest BCUT2D eigenvalue weighted by molar-refractivity contribution is 0.339. The van der Waals surface area contributed by atoms with Crippen molar-refractivity contribution in [1.29, 1.82) is 0 Å². The van der Waals surface area contributed by atoms with E-state index in [-0.39, 0.29) is 0 Å². The van der Waals surface area contributed by atoms with E-state index in [0.717, 1.165) is 6.54 Å². The van der Waals surface area contributed by atoms with Gasteiger partial charge in [0.25, 0.3) is 0 Å². The molecular formula is C11H26N2. The van der Waals surface area contributed by atoms with Crippen LogP contribution in [0.5, 0.6) is 0 Å². The van der Waals surface area contributed by atoms with Gasteiger partial charge in [-0.05, 0) is 58.9 Å². The van der Waals surface area contributed by atoms with Crippen molar-refractivity contribution in [2.75, 3.05) is 33.2 Å². The molecule has 0 radical (unpaired) electrons. The highest BCUT2D eigenvalue weighted by atomic mass is 15.1. The third-order valence-corrected chi connectivity index (χ3v) is 2.24. The van der Waals surface area contributed by atoms with Crippen LogP contribution in [0.3, 0.4) is 0 Å². The molecule has 1 saturated heterocycles. The van der Waals surface area contributed by atoms with Gasteiger partial charge in [-0.2, -0.15) is 0 Å². The first-order valence-corrected chi connectivity index (χ1v) is 5.72. The highest BCUT2D eigenvalue weighted by Gasteiger charge is 2.08. The quantitative estimate of drug-likeness (QED) is 0.723. The number of rotatable bonds is 4. The van der Waals surface area contributed by atoms with Crippen molar-refractivity contribution < 1.29 is 0 Å². The van der Waals surface area contributed by atoms with E-state index >= 15 is 0 Å². The SMILES string of the molecule is CCCN1CCCC1.CCCNC. The third-order valence-electron chi connectivity index (χ3n) is 2.24. The molecule has 2 nitrogen and oxygen atoms in total. The van der Waals surface area contributed by atoms with E-state index < -0.39 is 0 Å². The second-order valence-corrected chi connectivity index (χ2v) is 3.65. The molecule has 1 fully saturated rings. The van der Waals surface area contributed by atoms with Crippen LogP contribution in [-0.2, 0) is 0 Å². The summed E-state index contributed by atoms with van der Waals surface area (Å²) in [5, 5.41) is 3.02. The molecule has 0 spiro atoms. The second kappa shape index (κ2) is 10.0. The topological polar surface area (TPSA) is 15.3 Å². The number of likely N-dealkylation sites (tertiary alicyclic amines) is 1. The Morgan fingerprint density at radius 2 is 1.69 bits per heavy atom. The van der Waals surface area contributed by atoms with Crippen LogP contribution in [0, 0.1) is 0 Å². The van der Waals surface area contributed by atoms with Crippen molar-refractivity contribution in [1.82, 2.24) is 10.2 Å². The number of nitrogens with one attached hydrogen (secondary N) is 1. The molecule has 0 aromatic carbocycles. The standard InChI is InChI=1S/C7H15N.C4H11N/c1-2-5-8-6-3-4-7-8;1-3-4-5-2/h2-7H2,1H3;5H,3-4H2,1-2H3. The van der Waals surface area contributed by atoms with Crippen LogP contribution >= 0.6 is 0 Å². The van der Waals surface area contributed by atoms with Crippen LogP contribution in [-0.4, -0.2) is 38.1 Å². The fourth-order valence-electron chi connectivity index (χ4n) is 1.57. The predicted octanol–water partition coefficient (Wildman–Crippen LogP) is 2.11. The zero-order valence-electron chi connectivity index (χ0n) is 9.60. The van der Waals surface area contributed by atoms with Crippen molar-refractivity contribution >= 4 is 0 Å². The summed E-state index contributed by atoms with van der Waals surface area (Å²) < 4.78 is 0. The Kier molecular flexibility index (Phi) is 9.94. The minimum Gasteiger partial charge on any atom is -0.320 e. The van der Waals surface area contributed by atoms with E-state index in [9.17, 15) is 0 Å². The smallest absolute Gasteiger partial charge is 0.00183 e. The highest BCUT2D eigenvalue weighted by Crippen LogP contribution is 2.06. The van der Waals surface area contributed by atoms with Crippen LogP contribution < -0.4 is 5.32 Å². The lowest BCUT2D eigenvalue weighted by Gasteiger charge is -2.11. The third kappa shape index (κ3) is 8.26. The molecule has 0 bridgehead atoms. The van der Waals surface area contributed by atoms with Gasteiger partial charge in [0.15, 0.2) is 0 Å². The number of hydrogen-bond donors (Lipinski definition) is 1. The van der Waals surface area contributed by atoms with Gasteiger partial charge in [0.1, 0.15) is 0 Å². The first-order valence-electron chi connectivity index (χ1n) is 5.72. The summed E-state index contributed by atoms with van der Waals surface area (Å²) in [5.41, 5.74) is 0. The van der Waals surface area contributed by atoms with Crippen LogP contribution in [0.2, 0.25) is 0 Å². The van der Waals surface area contributed by atoms with Crippen molar-refractivity contribution in [2.24, 2.45) is 0 Å². The molecule has 1 aliphatic rings. The van der Waals surface area contributed by atoms with E-state index in [4.69, 9.17) is 0 Å². The van der Waals surface area contributed by atoms with Gasteiger partial charge in [-0.25, -0.2) is 0 Å². The summed E-state index contributed by atoms with van der Waals surface area (Å²) in [6.45, 7) is 9.57. The molecule has 1 rings (SSSR count). The Morgan fingerprint density at radius 1 is 1.08 bits per heavy atom. The van der Waals surface area contributed by atoms with Gasteiger partial charge in [0.2, 0.25) is 0 Å². The molecule has 80 valence electrons. The average molecular weight is 186 g/mol. The monoisotopic (exact) mass is 186 g/mol. The molecule has 0 aliphatic carbocycles. The lowest BCUT2D eigenvalue weighted by atomic mass is 10.4. The first-order chi connectivity index (χ1) is 6.35. The zero-order valence-corrected chi connectivity index (χ0v) is 9.60. The average Bonchev–Trinajstić information content (AvgIpc) is 2.60. The Hall–Kier alpha value is -0.0800. The molecule has 0 unspecified atom stereocenters. The molecule has 13 heavy (non-hydrogen) atoms. The molecule has 1 heterocycles. The minimum absolute atomic E-state index is 1.14. The molecule has 0 atom stereocenters. The number of nitrogens with zero attached hydrogens (tertiary/aromatic N) is 1. The minimum atomic E-state index is 1.14. The summed E-state index contributed by atoms with van der Waals surface area (Å²) >= 11 is 0. The largest absolute Gasteiger partial charge is 0.320 e. The Labute approximate surface area is 83.7 Å². The molecular weight excluding hydrogens is 160 g/mol. The molecule has 1 aliphatic heterocycles. The Morgan fingerprint density at radius 3 is 2.00 bits per heavy atom. The van der Waals surface area contributed by atoms with Gasteiger partial charge in [0, 0.05) is 0 Å². The van der Waals surface area contributed by atoms with E-state index in [1.807, 2.05) is 7.05 Å². The van der Waals surface area contributed by atoms with Gasteiger partial charge >= 0.3 is 0 Å². The van der Waals surface area contributed by atoms with E-state index in [2.05, 4.69) is 24.1 Å². The number of hydrogen-bond acceptors (Lipinski definition) is 2. The van der Waals surface area contributed by atoms with Gasteiger partial charge < -0.3 is 10.2 Å². The van der Waals surface area contributed by atoms with E-state index in [1.165, 1.54) is 45.3 Å². The summed E-state index contributed by atoms with van der Waals surface area (Å²) in [7, 11) is 1.96. The van der Waals surface area contributed by atoms with E-state index in [1.54, 1.807) is 0 Å². The van der Waals surface area contributed by atoms with Gasteiger partial charge in [-0.1, -0.05) is 13.8 Å². The van der Waals surface area contributed by atoms with E-state index in [0.29, 0.717) is 0 Å². The van der Waals surface area contributed by atoms with Gasteiger partial charge in [0.05, 0.1) is 0 Å². The van der Waals surface area contributed by atoms with Crippen LogP contribution in [0.15, 0.2) is 0 Å². The lowest BCUT2D eigenvalue weighted by Crippen LogP contribution is -2.19. The zero-order chi connectivity index (χ0) is 9.94. The molecule has 0 aromatic rings. The first kappa shape index (κ1) is 12.9. The van der Waals surface area contributed by atoms with Crippen LogP contribution in [0.1, 0.15) is 39.5 Å². The molecule has 0 amide bonds. The molecule has 0 saturated carbocycles. The fraction of sp³-hybridized carbons (Fsp3) is 1.00. The Bertz CT molecular complexity index is 86.1. The van der Waals surface area contributed by atoms with Crippen molar-refractivity contribution in [3.8, 4) is 0 Å². The van der Waals surface area contributed by atoms with Crippen LogP contribution in [0.4, 0.5) is 0 Å². The highest BCUT2D eigenvalue weighted by molar-refractivity contribution is 4.64. The summed E-state index contributed by atoms with van der Waals surface area (Å²) in [5.74, 6) is 0. The van der Waals surface area contributed by atoms with Crippen molar-refractivity contribution in [2.45, 2.75) is 39.5 Å². The second-order valence-electron chi connectivity index (χ2n) is 3.65. The van der Waals surface area contributed by atoms with Gasteiger partial charge in [-0.3, -0.25) is 0 Å². The normalized spacial score (nSPS) is 16.8. The summed E-state index contributed by atoms with van der Waals surface area (Å²) in [6.07, 6.45) is 5.41. The molecule has 0 aromatic heterocycles. The van der Waals surface area contributed by atoms with Crippen molar-refractivity contribution in [3.05, 3.63) is 0 Å². The molecule has 1 N–H and O–H groups in total.